The number of carbonyl (C=O) groups excluding carboxylic acids is 1. The number of aliphatic hydroxyl groups is 3. The van der Waals surface area contributed by atoms with Crippen molar-refractivity contribution in [1.82, 2.24) is 0 Å². The fourth-order valence-electron chi connectivity index (χ4n) is 3.95. The number of fused-ring (bicyclic) bond motifs is 2. The Balaban J connectivity index is 2.00. The average Bonchev–Trinajstić information content (AvgIpc) is 2.65. The third kappa shape index (κ3) is 1.25. The Kier molecular flexibility index (Phi) is 2.41. The van der Waals surface area contributed by atoms with Crippen LogP contribution in [0.5, 0.6) is 11.5 Å². The van der Waals surface area contributed by atoms with Crippen LogP contribution in [-0.2, 0) is 4.74 Å². The normalized spacial score (nSPS) is 45.9. The molecule has 1 saturated carbocycles. The van der Waals surface area contributed by atoms with Crippen LogP contribution >= 0.6 is 0 Å². The molecule has 0 radical (unpaired) electrons. The first-order chi connectivity index (χ1) is 10.3. The second kappa shape index (κ2) is 3.80. The van der Waals surface area contributed by atoms with E-state index in [0.29, 0.717) is 0 Å². The van der Waals surface area contributed by atoms with Crippen molar-refractivity contribution < 1.29 is 34.7 Å². The van der Waals surface area contributed by atoms with Gasteiger partial charge in [0.2, 0.25) is 5.78 Å². The monoisotopic (exact) mass is 308 g/mol. The number of aliphatic hydroxyl groups excluding tert-OH is 2. The van der Waals surface area contributed by atoms with Gasteiger partial charge in [-0.25, -0.2) is 0 Å². The molecule has 1 saturated heterocycles. The second-order valence-corrected chi connectivity index (χ2v) is 6.46. The number of ether oxygens (including phenoxy) is 2. The van der Waals surface area contributed by atoms with Gasteiger partial charge in [-0.15, -0.1) is 0 Å². The van der Waals surface area contributed by atoms with E-state index in [1.165, 1.54) is 18.2 Å². The largest absolute Gasteiger partial charge is 0.507 e. The molecule has 1 aromatic rings. The zero-order valence-corrected chi connectivity index (χ0v) is 11.8. The summed E-state index contributed by atoms with van der Waals surface area (Å²) in [5, 5.41) is 41.9. The van der Waals surface area contributed by atoms with Crippen LogP contribution in [0.25, 0.3) is 0 Å². The number of phenolic OH excluding ortho intramolecular Hbond substituents is 1. The minimum atomic E-state index is -2.38. The van der Waals surface area contributed by atoms with Gasteiger partial charge in [-0.3, -0.25) is 4.79 Å². The van der Waals surface area contributed by atoms with Crippen LogP contribution in [0.1, 0.15) is 23.7 Å². The van der Waals surface area contributed by atoms with Crippen LogP contribution in [-0.4, -0.2) is 61.8 Å². The van der Waals surface area contributed by atoms with Crippen molar-refractivity contribution in [3.8, 4) is 11.5 Å². The maximum absolute atomic E-state index is 12.8. The van der Waals surface area contributed by atoms with Gasteiger partial charge in [0, 0.05) is 6.42 Å². The van der Waals surface area contributed by atoms with Gasteiger partial charge in [0.05, 0.1) is 18.3 Å². The lowest BCUT2D eigenvalue weighted by atomic mass is 9.61. The predicted molar refractivity (Wildman–Crippen MR) is 71.7 cm³/mol. The molecule has 0 unspecified atom stereocenters. The highest BCUT2D eigenvalue weighted by Gasteiger charge is 2.78. The van der Waals surface area contributed by atoms with Gasteiger partial charge in [0.25, 0.3) is 0 Å². The van der Waals surface area contributed by atoms with E-state index in [1.54, 1.807) is 6.92 Å². The summed E-state index contributed by atoms with van der Waals surface area (Å²) < 4.78 is 11.3. The topological polar surface area (TPSA) is 116 Å². The van der Waals surface area contributed by atoms with E-state index in [2.05, 4.69) is 0 Å². The molecule has 0 aromatic heterocycles. The van der Waals surface area contributed by atoms with Crippen LogP contribution in [0.15, 0.2) is 18.2 Å². The first kappa shape index (κ1) is 14.0. The van der Waals surface area contributed by atoms with Gasteiger partial charge in [-0.05, 0) is 19.1 Å². The number of benzene rings is 1. The van der Waals surface area contributed by atoms with E-state index in [9.17, 15) is 25.2 Å². The van der Waals surface area contributed by atoms with Gasteiger partial charge in [-0.1, -0.05) is 6.07 Å². The van der Waals surface area contributed by atoms with Crippen molar-refractivity contribution in [2.75, 3.05) is 6.61 Å². The number of hydrogen-bond acceptors (Lipinski definition) is 7. The molecule has 22 heavy (non-hydrogen) atoms. The molecule has 118 valence electrons. The van der Waals surface area contributed by atoms with Crippen molar-refractivity contribution in [2.45, 2.75) is 42.4 Å². The standard InChI is InChI=1S/C15H16O7/c1-13-5-9(17)15(20)11(18)10-7(16)3-2-4-8(10)22-14(15,6-21-13)12(13)19/h2-4,9,12,16-17,19-20H,5-6H2,1H3/t9-,12-,13+,14-,15-/m1/s1. The fraction of sp³-hybridized carbons (Fsp3) is 0.533. The zero-order chi connectivity index (χ0) is 15.9. The van der Waals surface area contributed by atoms with E-state index in [-0.39, 0.29) is 30.1 Å². The Morgan fingerprint density at radius 1 is 1.32 bits per heavy atom. The van der Waals surface area contributed by atoms with E-state index in [0.717, 1.165) is 0 Å². The van der Waals surface area contributed by atoms with Crippen LogP contribution in [0.3, 0.4) is 0 Å². The highest BCUT2D eigenvalue weighted by atomic mass is 16.6. The van der Waals surface area contributed by atoms with Crippen molar-refractivity contribution in [1.29, 1.82) is 0 Å². The molecule has 2 bridgehead atoms. The molecule has 4 N–H and O–H groups in total. The molecular weight excluding hydrogens is 292 g/mol. The summed E-state index contributed by atoms with van der Waals surface area (Å²) in [6.45, 7) is 1.36. The van der Waals surface area contributed by atoms with Gasteiger partial charge >= 0.3 is 0 Å². The lowest BCUT2D eigenvalue weighted by molar-refractivity contribution is -0.225. The lowest BCUT2D eigenvalue weighted by Gasteiger charge is -2.54. The quantitative estimate of drug-likeness (QED) is 0.503. The van der Waals surface area contributed by atoms with E-state index in [4.69, 9.17) is 9.47 Å². The first-order valence-corrected chi connectivity index (χ1v) is 7.04. The number of ketones is 1. The fourth-order valence-corrected chi connectivity index (χ4v) is 3.95. The highest BCUT2D eigenvalue weighted by Crippen LogP contribution is 2.56. The van der Waals surface area contributed by atoms with E-state index >= 15 is 0 Å². The first-order valence-electron chi connectivity index (χ1n) is 7.04. The van der Waals surface area contributed by atoms with Gasteiger partial charge in [-0.2, -0.15) is 0 Å². The Bertz CT molecular complexity index is 688. The number of hydrogen-bond donors (Lipinski definition) is 4. The summed E-state index contributed by atoms with van der Waals surface area (Å²) in [5.41, 5.74) is -5.48. The van der Waals surface area contributed by atoms with Crippen LogP contribution in [0, 0.1) is 0 Å². The predicted octanol–water partition coefficient (Wildman–Crippen LogP) is -0.648. The lowest BCUT2D eigenvalue weighted by Crippen LogP contribution is -2.79. The summed E-state index contributed by atoms with van der Waals surface area (Å²) in [5.74, 6) is -1.17. The molecule has 1 aliphatic carbocycles. The summed E-state index contributed by atoms with van der Waals surface area (Å²) >= 11 is 0. The maximum atomic E-state index is 12.8. The number of aromatic hydroxyl groups is 1. The molecular formula is C15H16O7. The molecule has 1 aromatic carbocycles. The number of rotatable bonds is 0. The van der Waals surface area contributed by atoms with Crippen molar-refractivity contribution >= 4 is 5.78 Å². The van der Waals surface area contributed by atoms with E-state index < -0.39 is 34.8 Å². The smallest absolute Gasteiger partial charge is 0.208 e. The van der Waals surface area contributed by atoms with Gasteiger partial charge in [0.1, 0.15) is 23.2 Å². The molecule has 7 heteroatoms. The molecule has 7 nitrogen and oxygen atoms in total. The van der Waals surface area contributed by atoms with Crippen molar-refractivity contribution in [2.24, 2.45) is 0 Å². The Morgan fingerprint density at radius 2 is 2.05 bits per heavy atom. The molecule has 1 spiro atoms. The molecule has 2 fully saturated rings. The summed E-state index contributed by atoms with van der Waals surface area (Å²) in [6.07, 6.45) is -2.90. The molecule has 3 aliphatic rings. The number of Topliss-reactive ketones (excluding diaryl/α,β-unsaturated/α-hetero) is 1. The Labute approximate surface area is 125 Å². The second-order valence-electron chi connectivity index (χ2n) is 6.46. The molecule has 4 rings (SSSR count). The molecule has 2 heterocycles. The molecule has 0 amide bonds. The van der Waals surface area contributed by atoms with Crippen LogP contribution in [0.4, 0.5) is 0 Å². The highest BCUT2D eigenvalue weighted by molar-refractivity contribution is 6.09. The van der Waals surface area contributed by atoms with Crippen LogP contribution < -0.4 is 4.74 Å². The van der Waals surface area contributed by atoms with E-state index in [1.807, 2.05) is 0 Å². The van der Waals surface area contributed by atoms with Gasteiger partial charge in [0.15, 0.2) is 11.2 Å². The van der Waals surface area contributed by atoms with Crippen molar-refractivity contribution in [3.63, 3.8) is 0 Å². The Morgan fingerprint density at radius 3 is 2.77 bits per heavy atom. The third-order valence-corrected chi connectivity index (χ3v) is 5.23. The number of carbonyl (C=O) groups is 1. The summed E-state index contributed by atoms with van der Waals surface area (Å²) in [4.78, 5) is 12.8. The average molecular weight is 308 g/mol. The zero-order valence-electron chi connectivity index (χ0n) is 11.8. The van der Waals surface area contributed by atoms with Crippen LogP contribution in [0.2, 0.25) is 0 Å². The Hall–Kier alpha value is -1.67. The molecule has 5 atom stereocenters. The maximum Gasteiger partial charge on any atom is 0.208 e. The minimum absolute atomic E-state index is 0.0516. The summed E-state index contributed by atoms with van der Waals surface area (Å²) in [7, 11) is 0. The SMILES string of the molecule is C[C@@]12C[C@@H](O)[C@@]3(O)C(=O)c4c(O)cccc4O[C@]3(CO1)[C@@H]2O. The van der Waals surface area contributed by atoms with Gasteiger partial charge < -0.3 is 29.9 Å². The number of phenols is 1. The minimum Gasteiger partial charge on any atom is -0.507 e. The summed E-state index contributed by atoms with van der Waals surface area (Å²) in [6, 6.07) is 4.25. The third-order valence-electron chi connectivity index (χ3n) is 5.23. The van der Waals surface area contributed by atoms with Crippen molar-refractivity contribution in [3.05, 3.63) is 23.8 Å². The molecule has 2 aliphatic heterocycles.